The quantitative estimate of drug-likeness (QED) is 0.925. The number of carbonyl (C=O) groups is 1. The average Bonchev–Trinajstić information content (AvgIpc) is 2.42. The van der Waals surface area contributed by atoms with Gasteiger partial charge in [-0.2, -0.15) is 0 Å². The summed E-state index contributed by atoms with van der Waals surface area (Å²) in [6, 6.07) is 4.43. The van der Waals surface area contributed by atoms with Gasteiger partial charge in [0.25, 0.3) is 5.91 Å². The van der Waals surface area contributed by atoms with Crippen LogP contribution < -0.4 is 5.32 Å². The minimum atomic E-state index is -0.344. The molecule has 1 atom stereocenters. The molecule has 0 saturated carbocycles. The van der Waals surface area contributed by atoms with Crippen molar-refractivity contribution < 1.29 is 9.18 Å². The highest BCUT2D eigenvalue weighted by Crippen LogP contribution is 2.21. The first kappa shape index (κ1) is 14.5. The highest BCUT2D eigenvalue weighted by atomic mass is 79.9. The van der Waals surface area contributed by atoms with Crippen LogP contribution in [-0.4, -0.2) is 37.5 Å². The monoisotopic (exact) mass is 328 g/mol. The summed E-state index contributed by atoms with van der Waals surface area (Å²) in [5, 5.41) is 3.16. The second kappa shape index (κ2) is 6.48. The molecule has 1 amide bonds. The van der Waals surface area contributed by atoms with E-state index in [1.54, 1.807) is 12.1 Å². The molecule has 1 aliphatic heterocycles. The smallest absolute Gasteiger partial charge is 0.253 e. The number of benzene rings is 1. The van der Waals surface area contributed by atoms with Crippen LogP contribution in [0.25, 0.3) is 0 Å². The molecule has 0 bridgehead atoms. The van der Waals surface area contributed by atoms with Crippen LogP contribution in [0.5, 0.6) is 0 Å². The van der Waals surface area contributed by atoms with Crippen molar-refractivity contribution in [1.82, 2.24) is 10.2 Å². The molecule has 0 aromatic heterocycles. The fraction of sp³-hybridized carbons (Fsp3) is 0.500. The summed E-state index contributed by atoms with van der Waals surface area (Å²) in [6.07, 6.45) is 2.18. The highest BCUT2D eigenvalue weighted by Gasteiger charge is 2.24. The molecule has 1 fully saturated rings. The summed E-state index contributed by atoms with van der Waals surface area (Å²) in [5.41, 5.74) is 0.540. The predicted octanol–water partition coefficient (Wildman–Crippen LogP) is 2.66. The number of nitrogens with one attached hydrogen (secondary N) is 1. The van der Waals surface area contributed by atoms with Gasteiger partial charge in [-0.1, -0.05) is 0 Å². The van der Waals surface area contributed by atoms with Gasteiger partial charge in [-0.15, -0.1) is 0 Å². The van der Waals surface area contributed by atoms with Crippen molar-refractivity contribution >= 4 is 21.8 Å². The van der Waals surface area contributed by atoms with Gasteiger partial charge in [0.15, 0.2) is 0 Å². The number of likely N-dealkylation sites (tertiary alicyclic amines) is 1. The van der Waals surface area contributed by atoms with E-state index >= 15 is 0 Å². The van der Waals surface area contributed by atoms with Crippen LogP contribution in [0.1, 0.15) is 23.2 Å². The van der Waals surface area contributed by atoms with Crippen molar-refractivity contribution in [3.8, 4) is 0 Å². The van der Waals surface area contributed by atoms with Crippen LogP contribution in [0, 0.1) is 11.7 Å². The number of carbonyl (C=O) groups excluding carboxylic acids is 1. The van der Waals surface area contributed by atoms with Crippen LogP contribution in [0.15, 0.2) is 22.7 Å². The first-order valence-corrected chi connectivity index (χ1v) is 7.30. The Bertz CT molecular complexity index is 465. The summed E-state index contributed by atoms with van der Waals surface area (Å²) >= 11 is 3.12. The molecule has 5 heteroatoms. The van der Waals surface area contributed by atoms with Gasteiger partial charge in [-0.3, -0.25) is 4.79 Å². The lowest BCUT2D eigenvalue weighted by molar-refractivity contribution is 0.0674. The van der Waals surface area contributed by atoms with E-state index < -0.39 is 0 Å². The molecule has 104 valence electrons. The Morgan fingerprint density at radius 1 is 1.58 bits per heavy atom. The van der Waals surface area contributed by atoms with E-state index in [4.69, 9.17) is 0 Å². The number of piperidine rings is 1. The Kier molecular flexibility index (Phi) is 4.93. The minimum absolute atomic E-state index is 0.0125. The van der Waals surface area contributed by atoms with E-state index in [0.717, 1.165) is 32.5 Å². The van der Waals surface area contributed by atoms with Crippen molar-refractivity contribution in [3.05, 3.63) is 34.1 Å². The lowest BCUT2D eigenvalue weighted by Gasteiger charge is -2.32. The normalized spacial score (nSPS) is 19.5. The Morgan fingerprint density at radius 2 is 2.37 bits per heavy atom. The van der Waals surface area contributed by atoms with Gasteiger partial charge >= 0.3 is 0 Å². The first-order chi connectivity index (χ1) is 9.11. The lowest BCUT2D eigenvalue weighted by atomic mass is 9.97. The number of amides is 1. The summed E-state index contributed by atoms with van der Waals surface area (Å²) in [5.74, 6) is 0.149. The van der Waals surface area contributed by atoms with Crippen molar-refractivity contribution in [2.45, 2.75) is 12.8 Å². The zero-order chi connectivity index (χ0) is 13.8. The maximum atomic E-state index is 13.2. The molecule has 0 aliphatic carbocycles. The first-order valence-electron chi connectivity index (χ1n) is 6.50. The molecule has 0 spiro atoms. The fourth-order valence-electron chi connectivity index (χ4n) is 2.52. The standard InChI is InChI=1S/C14H18BrFN2O/c1-17-8-10-3-2-6-18(9-10)14(19)11-4-5-13(16)12(15)7-11/h4-5,7,10,17H,2-3,6,8-9H2,1H3. The second-order valence-electron chi connectivity index (χ2n) is 4.95. The van der Waals surface area contributed by atoms with Gasteiger partial charge in [0.1, 0.15) is 5.82 Å². The number of rotatable bonds is 3. The summed E-state index contributed by atoms with van der Waals surface area (Å²) in [6.45, 7) is 2.49. The lowest BCUT2D eigenvalue weighted by Crippen LogP contribution is -2.42. The Hall–Kier alpha value is -0.940. The Labute approximate surface area is 121 Å². The number of halogens is 2. The van der Waals surface area contributed by atoms with Crippen molar-refractivity contribution in [3.63, 3.8) is 0 Å². The number of hydrogen-bond acceptors (Lipinski definition) is 2. The largest absolute Gasteiger partial charge is 0.338 e. The fourth-order valence-corrected chi connectivity index (χ4v) is 2.90. The van der Waals surface area contributed by atoms with Gasteiger partial charge in [-0.05, 0) is 66.5 Å². The molecular weight excluding hydrogens is 311 g/mol. The molecule has 3 nitrogen and oxygen atoms in total. The SMILES string of the molecule is CNCC1CCCN(C(=O)c2ccc(F)c(Br)c2)C1. The van der Waals surface area contributed by atoms with E-state index in [1.807, 2.05) is 11.9 Å². The summed E-state index contributed by atoms with van der Waals surface area (Å²) < 4.78 is 13.5. The zero-order valence-corrected chi connectivity index (χ0v) is 12.5. The maximum Gasteiger partial charge on any atom is 0.253 e. The molecular formula is C14H18BrFN2O. The topological polar surface area (TPSA) is 32.3 Å². The van der Waals surface area contributed by atoms with Crippen LogP contribution in [0.2, 0.25) is 0 Å². The minimum Gasteiger partial charge on any atom is -0.338 e. The van der Waals surface area contributed by atoms with Crippen LogP contribution in [-0.2, 0) is 0 Å². The van der Waals surface area contributed by atoms with Gasteiger partial charge in [0.05, 0.1) is 4.47 Å². The van der Waals surface area contributed by atoms with Gasteiger partial charge in [-0.25, -0.2) is 4.39 Å². The third-order valence-electron chi connectivity index (χ3n) is 3.47. The molecule has 1 aliphatic rings. The molecule has 1 saturated heterocycles. The Morgan fingerprint density at radius 3 is 3.05 bits per heavy atom. The maximum absolute atomic E-state index is 13.2. The van der Waals surface area contributed by atoms with Crippen LogP contribution in [0.3, 0.4) is 0 Å². The van der Waals surface area contributed by atoms with Gasteiger partial charge < -0.3 is 10.2 Å². The van der Waals surface area contributed by atoms with Crippen LogP contribution >= 0.6 is 15.9 Å². The van der Waals surface area contributed by atoms with Crippen molar-refractivity contribution in [2.75, 3.05) is 26.7 Å². The van der Waals surface area contributed by atoms with E-state index in [0.29, 0.717) is 16.0 Å². The third-order valence-corrected chi connectivity index (χ3v) is 4.07. The summed E-state index contributed by atoms with van der Waals surface area (Å²) in [4.78, 5) is 14.2. The van der Waals surface area contributed by atoms with Gasteiger partial charge in [0, 0.05) is 18.7 Å². The van der Waals surface area contributed by atoms with Crippen LogP contribution in [0.4, 0.5) is 4.39 Å². The van der Waals surface area contributed by atoms with Crippen molar-refractivity contribution in [2.24, 2.45) is 5.92 Å². The van der Waals surface area contributed by atoms with Gasteiger partial charge in [0.2, 0.25) is 0 Å². The number of nitrogens with zero attached hydrogens (tertiary/aromatic N) is 1. The third kappa shape index (κ3) is 3.54. The molecule has 19 heavy (non-hydrogen) atoms. The molecule has 1 unspecified atom stereocenters. The van der Waals surface area contributed by atoms with E-state index in [-0.39, 0.29) is 11.7 Å². The average molecular weight is 329 g/mol. The van der Waals surface area contributed by atoms with E-state index in [2.05, 4.69) is 21.2 Å². The zero-order valence-electron chi connectivity index (χ0n) is 11.0. The number of hydrogen-bond donors (Lipinski definition) is 1. The van der Waals surface area contributed by atoms with E-state index in [1.165, 1.54) is 6.07 Å². The molecule has 1 aromatic rings. The highest BCUT2D eigenvalue weighted by molar-refractivity contribution is 9.10. The molecule has 1 heterocycles. The Balaban J connectivity index is 2.08. The second-order valence-corrected chi connectivity index (χ2v) is 5.80. The predicted molar refractivity (Wildman–Crippen MR) is 76.7 cm³/mol. The molecule has 1 N–H and O–H groups in total. The summed E-state index contributed by atoms with van der Waals surface area (Å²) in [7, 11) is 1.93. The molecule has 0 radical (unpaired) electrons. The van der Waals surface area contributed by atoms with Crippen molar-refractivity contribution in [1.29, 1.82) is 0 Å². The molecule has 2 rings (SSSR count). The molecule has 1 aromatic carbocycles. The van der Waals surface area contributed by atoms with E-state index in [9.17, 15) is 9.18 Å².